The normalized spacial score (nSPS) is 18.9. The molecule has 1 unspecified atom stereocenters. The fourth-order valence-corrected chi connectivity index (χ4v) is 2.34. The fraction of sp³-hybridized carbons (Fsp3) is 0.538. The van der Waals surface area contributed by atoms with Crippen molar-refractivity contribution in [2.75, 3.05) is 39.8 Å². The van der Waals surface area contributed by atoms with Crippen molar-refractivity contribution in [1.82, 2.24) is 10.2 Å². The highest BCUT2D eigenvalue weighted by atomic mass is 16.5. The summed E-state index contributed by atoms with van der Waals surface area (Å²) in [6.45, 7) is 4.84. The monoisotopic (exact) mass is 235 g/mol. The molecule has 1 aromatic rings. The average Bonchev–Trinajstić information content (AvgIpc) is 2.41. The Hall–Kier alpha value is -1.10. The van der Waals surface area contributed by atoms with Crippen molar-refractivity contribution in [3.8, 4) is 5.75 Å². The fourth-order valence-electron chi connectivity index (χ4n) is 2.34. The lowest BCUT2D eigenvalue weighted by molar-refractivity contribution is 0.177. The average molecular weight is 235 g/mol. The minimum Gasteiger partial charge on any atom is -0.497 e. The molecular formula is C13H21N3O. The van der Waals surface area contributed by atoms with Gasteiger partial charge in [-0.1, -0.05) is 12.1 Å². The quantitative estimate of drug-likeness (QED) is 0.802. The maximum atomic E-state index is 5.92. The molecule has 94 valence electrons. The Morgan fingerprint density at radius 1 is 1.41 bits per heavy atom. The van der Waals surface area contributed by atoms with E-state index in [1.165, 1.54) is 5.56 Å². The van der Waals surface area contributed by atoms with Crippen molar-refractivity contribution < 1.29 is 4.74 Å². The molecule has 2 rings (SSSR count). The van der Waals surface area contributed by atoms with Crippen LogP contribution in [0.2, 0.25) is 0 Å². The number of piperazine rings is 1. The van der Waals surface area contributed by atoms with Gasteiger partial charge in [-0.2, -0.15) is 0 Å². The molecule has 1 fully saturated rings. The minimum atomic E-state index is 0.298. The summed E-state index contributed by atoms with van der Waals surface area (Å²) >= 11 is 0. The van der Waals surface area contributed by atoms with E-state index in [2.05, 4.69) is 22.3 Å². The van der Waals surface area contributed by atoms with Gasteiger partial charge in [0.15, 0.2) is 0 Å². The van der Waals surface area contributed by atoms with Gasteiger partial charge in [0.2, 0.25) is 0 Å². The summed E-state index contributed by atoms with van der Waals surface area (Å²) in [6.07, 6.45) is 0. The molecule has 0 bridgehead atoms. The summed E-state index contributed by atoms with van der Waals surface area (Å²) in [5.74, 6) is 0.899. The Morgan fingerprint density at radius 2 is 2.18 bits per heavy atom. The lowest BCUT2D eigenvalue weighted by Gasteiger charge is -2.34. The van der Waals surface area contributed by atoms with E-state index in [-0.39, 0.29) is 0 Å². The lowest BCUT2D eigenvalue weighted by Crippen LogP contribution is -2.46. The molecular weight excluding hydrogens is 214 g/mol. The standard InChI is InChI=1S/C13H21N3O/c1-17-12-4-2-3-11(9-12)13(10-14)16-7-5-15-6-8-16/h2-4,9,13,15H,5-8,10,14H2,1H3. The van der Waals surface area contributed by atoms with Crippen molar-refractivity contribution in [1.29, 1.82) is 0 Å². The van der Waals surface area contributed by atoms with Crippen LogP contribution in [-0.4, -0.2) is 44.7 Å². The second-order valence-electron chi connectivity index (χ2n) is 4.31. The highest BCUT2D eigenvalue weighted by molar-refractivity contribution is 5.30. The molecule has 0 aliphatic carbocycles. The molecule has 0 amide bonds. The Morgan fingerprint density at radius 3 is 2.82 bits per heavy atom. The van der Waals surface area contributed by atoms with E-state index >= 15 is 0 Å². The summed E-state index contributed by atoms with van der Waals surface area (Å²) in [5, 5.41) is 3.36. The van der Waals surface area contributed by atoms with Crippen molar-refractivity contribution in [3.63, 3.8) is 0 Å². The first-order valence-electron chi connectivity index (χ1n) is 6.14. The molecule has 4 nitrogen and oxygen atoms in total. The number of benzene rings is 1. The van der Waals surface area contributed by atoms with Gasteiger partial charge < -0.3 is 15.8 Å². The van der Waals surface area contributed by atoms with Gasteiger partial charge in [0.05, 0.1) is 7.11 Å². The van der Waals surface area contributed by atoms with Crippen LogP contribution in [0.15, 0.2) is 24.3 Å². The highest BCUT2D eigenvalue weighted by Gasteiger charge is 2.20. The van der Waals surface area contributed by atoms with Gasteiger partial charge in [-0.15, -0.1) is 0 Å². The van der Waals surface area contributed by atoms with Gasteiger partial charge >= 0.3 is 0 Å². The molecule has 1 atom stereocenters. The molecule has 4 heteroatoms. The van der Waals surface area contributed by atoms with Gasteiger partial charge in [-0.05, 0) is 17.7 Å². The van der Waals surface area contributed by atoms with Crippen LogP contribution in [-0.2, 0) is 0 Å². The van der Waals surface area contributed by atoms with Crippen LogP contribution in [0.4, 0.5) is 0 Å². The molecule has 1 saturated heterocycles. The molecule has 1 heterocycles. The van der Waals surface area contributed by atoms with E-state index in [9.17, 15) is 0 Å². The maximum Gasteiger partial charge on any atom is 0.119 e. The van der Waals surface area contributed by atoms with Crippen LogP contribution in [0.25, 0.3) is 0 Å². The number of nitrogens with two attached hydrogens (primary N) is 1. The van der Waals surface area contributed by atoms with Crippen molar-refractivity contribution in [2.24, 2.45) is 5.73 Å². The number of ether oxygens (including phenoxy) is 1. The van der Waals surface area contributed by atoms with Crippen LogP contribution in [0.5, 0.6) is 5.75 Å². The van der Waals surface area contributed by atoms with E-state index in [0.717, 1.165) is 31.9 Å². The number of nitrogens with zero attached hydrogens (tertiary/aromatic N) is 1. The third kappa shape index (κ3) is 2.97. The van der Waals surface area contributed by atoms with Crippen LogP contribution in [0, 0.1) is 0 Å². The summed E-state index contributed by atoms with van der Waals surface area (Å²) in [4.78, 5) is 2.44. The highest BCUT2D eigenvalue weighted by Crippen LogP contribution is 2.23. The molecule has 0 aromatic heterocycles. The number of nitrogens with one attached hydrogen (secondary N) is 1. The first kappa shape index (κ1) is 12.4. The summed E-state index contributed by atoms with van der Waals surface area (Å²) in [6, 6.07) is 8.50. The smallest absolute Gasteiger partial charge is 0.119 e. The van der Waals surface area contributed by atoms with E-state index < -0.39 is 0 Å². The van der Waals surface area contributed by atoms with Gasteiger partial charge in [0.1, 0.15) is 5.75 Å². The van der Waals surface area contributed by atoms with E-state index in [4.69, 9.17) is 10.5 Å². The van der Waals surface area contributed by atoms with Crippen LogP contribution in [0.3, 0.4) is 0 Å². The summed E-state index contributed by atoms with van der Waals surface area (Å²) < 4.78 is 5.27. The maximum absolute atomic E-state index is 5.92. The van der Waals surface area contributed by atoms with Gasteiger partial charge in [0, 0.05) is 38.8 Å². The van der Waals surface area contributed by atoms with E-state index in [1.54, 1.807) is 7.11 Å². The zero-order valence-corrected chi connectivity index (χ0v) is 10.4. The van der Waals surface area contributed by atoms with E-state index in [1.807, 2.05) is 12.1 Å². The Labute approximate surface area is 103 Å². The molecule has 1 aromatic carbocycles. The van der Waals surface area contributed by atoms with Crippen molar-refractivity contribution in [3.05, 3.63) is 29.8 Å². The molecule has 0 saturated carbocycles. The second kappa shape index (κ2) is 6.00. The van der Waals surface area contributed by atoms with Crippen LogP contribution in [0.1, 0.15) is 11.6 Å². The summed E-state index contributed by atoms with van der Waals surface area (Å²) in [7, 11) is 1.70. The van der Waals surface area contributed by atoms with Crippen molar-refractivity contribution in [2.45, 2.75) is 6.04 Å². The first-order valence-corrected chi connectivity index (χ1v) is 6.14. The van der Waals surface area contributed by atoms with Gasteiger partial charge in [-0.3, -0.25) is 4.90 Å². The van der Waals surface area contributed by atoms with Crippen LogP contribution >= 0.6 is 0 Å². The largest absolute Gasteiger partial charge is 0.497 e. The third-order valence-corrected chi connectivity index (χ3v) is 3.29. The Kier molecular flexibility index (Phi) is 4.36. The Balaban J connectivity index is 2.15. The number of hydrogen-bond donors (Lipinski definition) is 2. The van der Waals surface area contributed by atoms with Gasteiger partial charge in [-0.25, -0.2) is 0 Å². The molecule has 0 radical (unpaired) electrons. The minimum absolute atomic E-state index is 0.298. The zero-order valence-electron chi connectivity index (χ0n) is 10.4. The molecule has 1 aliphatic rings. The molecule has 3 N–H and O–H groups in total. The topological polar surface area (TPSA) is 50.5 Å². The molecule has 17 heavy (non-hydrogen) atoms. The molecule has 0 spiro atoms. The second-order valence-corrected chi connectivity index (χ2v) is 4.31. The van der Waals surface area contributed by atoms with Crippen molar-refractivity contribution >= 4 is 0 Å². The lowest BCUT2D eigenvalue weighted by atomic mass is 10.0. The van der Waals surface area contributed by atoms with Crippen LogP contribution < -0.4 is 15.8 Å². The zero-order chi connectivity index (χ0) is 12.1. The number of rotatable bonds is 4. The summed E-state index contributed by atoms with van der Waals surface area (Å²) in [5.41, 5.74) is 7.17. The molecule has 1 aliphatic heterocycles. The Bertz CT molecular complexity index is 350. The van der Waals surface area contributed by atoms with E-state index in [0.29, 0.717) is 12.6 Å². The number of methoxy groups -OCH3 is 1. The predicted octanol–water partition coefficient (Wildman–Crippen LogP) is 0.600. The SMILES string of the molecule is COc1cccc(C(CN)N2CCNCC2)c1. The number of hydrogen-bond acceptors (Lipinski definition) is 4. The van der Waals surface area contributed by atoms with Gasteiger partial charge in [0.25, 0.3) is 0 Å². The third-order valence-electron chi connectivity index (χ3n) is 3.29. The first-order chi connectivity index (χ1) is 8.35. The predicted molar refractivity (Wildman–Crippen MR) is 69.2 cm³/mol.